The number of rotatable bonds is 6. The lowest BCUT2D eigenvalue weighted by Crippen LogP contribution is -2.38. The van der Waals surface area contributed by atoms with Gasteiger partial charge in [-0.2, -0.15) is 4.98 Å². The highest BCUT2D eigenvalue weighted by Gasteiger charge is 2.24. The smallest absolute Gasteiger partial charge is 0.241 e. The van der Waals surface area contributed by atoms with Crippen LogP contribution in [0.5, 0.6) is 0 Å². The van der Waals surface area contributed by atoms with Crippen molar-refractivity contribution in [2.45, 2.75) is 32.0 Å². The summed E-state index contributed by atoms with van der Waals surface area (Å²) in [5.74, 6) is 0.895. The second-order valence-electron chi connectivity index (χ2n) is 6.62. The van der Waals surface area contributed by atoms with Crippen molar-refractivity contribution >= 4 is 0 Å². The first-order valence-corrected chi connectivity index (χ1v) is 9.07. The van der Waals surface area contributed by atoms with Gasteiger partial charge in [-0.05, 0) is 42.7 Å². The van der Waals surface area contributed by atoms with Crippen molar-refractivity contribution in [2.75, 3.05) is 13.2 Å². The van der Waals surface area contributed by atoms with E-state index >= 15 is 0 Å². The van der Waals surface area contributed by atoms with Crippen LogP contribution in [-0.2, 0) is 17.8 Å². The van der Waals surface area contributed by atoms with E-state index in [2.05, 4.69) is 20.0 Å². The van der Waals surface area contributed by atoms with Crippen molar-refractivity contribution in [3.63, 3.8) is 0 Å². The summed E-state index contributed by atoms with van der Waals surface area (Å²) in [6, 6.07) is 10.7. The highest BCUT2D eigenvalue weighted by Crippen LogP contribution is 2.21. The number of nitrogens with zero attached hydrogens (tertiary/aromatic N) is 4. The highest BCUT2D eigenvalue weighted by atomic mass is 19.1. The Kier molecular flexibility index (Phi) is 5.50. The van der Waals surface area contributed by atoms with E-state index in [-0.39, 0.29) is 5.82 Å². The normalized spacial score (nSPS) is 15.3. The van der Waals surface area contributed by atoms with Crippen LogP contribution in [0.15, 0.2) is 53.3 Å². The molecule has 140 valence electrons. The minimum atomic E-state index is -0.227. The topological polar surface area (TPSA) is 64.3 Å². The Morgan fingerprint density at radius 2 is 1.74 bits per heavy atom. The third-order valence-electron chi connectivity index (χ3n) is 4.75. The molecular weight excluding hydrogens is 347 g/mol. The molecule has 6 nitrogen and oxygen atoms in total. The monoisotopic (exact) mass is 368 g/mol. The standard InChI is InChI=1S/C20H21FN4O2/c21-17-3-1-15(2-4-17)13-25(18-7-11-26-12-8-18)14-19-23-20(24-27-19)16-5-9-22-10-6-16/h1-6,9-10,18H,7-8,11-14H2. The first-order valence-electron chi connectivity index (χ1n) is 9.07. The fourth-order valence-corrected chi connectivity index (χ4v) is 3.30. The molecule has 3 heterocycles. The summed E-state index contributed by atoms with van der Waals surface area (Å²) in [6.45, 7) is 2.73. The van der Waals surface area contributed by atoms with Crippen molar-refractivity contribution in [1.29, 1.82) is 0 Å². The van der Waals surface area contributed by atoms with Crippen LogP contribution in [0, 0.1) is 5.82 Å². The van der Waals surface area contributed by atoms with Gasteiger partial charge in [0.05, 0.1) is 6.54 Å². The fraction of sp³-hybridized carbons (Fsp3) is 0.350. The van der Waals surface area contributed by atoms with E-state index in [4.69, 9.17) is 9.26 Å². The average Bonchev–Trinajstić information content (AvgIpc) is 3.19. The van der Waals surface area contributed by atoms with Gasteiger partial charge in [-0.15, -0.1) is 0 Å². The molecule has 0 aliphatic carbocycles. The number of aromatic nitrogens is 3. The van der Waals surface area contributed by atoms with Gasteiger partial charge in [0.25, 0.3) is 0 Å². The predicted octanol–water partition coefficient (Wildman–Crippen LogP) is 3.45. The lowest BCUT2D eigenvalue weighted by molar-refractivity contribution is 0.0239. The number of pyridine rings is 1. The SMILES string of the molecule is Fc1ccc(CN(Cc2nc(-c3ccncc3)no2)C2CCOCC2)cc1. The second kappa shape index (κ2) is 8.37. The lowest BCUT2D eigenvalue weighted by Gasteiger charge is -2.33. The highest BCUT2D eigenvalue weighted by molar-refractivity contribution is 5.52. The Morgan fingerprint density at radius 3 is 2.48 bits per heavy atom. The third-order valence-corrected chi connectivity index (χ3v) is 4.75. The van der Waals surface area contributed by atoms with Crippen molar-refractivity contribution < 1.29 is 13.7 Å². The van der Waals surface area contributed by atoms with E-state index in [1.807, 2.05) is 24.3 Å². The molecular formula is C20H21FN4O2. The Bertz CT molecular complexity index is 848. The van der Waals surface area contributed by atoms with Crippen LogP contribution in [0.25, 0.3) is 11.4 Å². The summed E-state index contributed by atoms with van der Waals surface area (Å²) in [5, 5.41) is 4.09. The van der Waals surface area contributed by atoms with E-state index in [9.17, 15) is 4.39 Å². The second-order valence-corrected chi connectivity index (χ2v) is 6.62. The average molecular weight is 368 g/mol. The maximum Gasteiger partial charge on any atom is 0.241 e. The molecule has 0 N–H and O–H groups in total. The first kappa shape index (κ1) is 17.8. The van der Waals surface area contributed by atoms with Crippen molar-refractivity contribution in [1.82, 2.24) is 20.0 Å². The molecule has 0 saturated carbocycles. The molecule has 0 amide bonds. The molecule has 0 bridgehead atoms. The van der Waals surface area contributed by atoms with Gasteiger partial charge in [0.2, 0.25) is 11.7 Å². The van der Waals surface area contributed by atoms with Gasteiger partial charge in [-0.3, -0.25) is 9.88 Å². The van der Waals surface area contributed by atoms with Crippen molar-refractivity contribution in [2.24, 2.45) is 0 Å². The third kappa shape index (κ3) is 4.56. The van der Waals surface area contributed by atoms with Gasteiger partial charge in [-0.25, -0.2) is 4.39 Å². The summed E-state index contributed by atoms with van der Waals surface area (Å²) in [4.78, 5) is 10.8. The molecule has 1 aromatic carbocycles. The largest absolute Gasteiger partial charge is 0.381 e. The molecule has 0 radical (unpaired) electrons. The quantitative estimate of drug-likeness (QED) is 0.664. The van der Waals surface area contributed by atoms with Crippen LogP contribution >= 0.6 is 0 Å². The molecule has 7 heteroatoms. The molecule has 2 aromatic heterocycles. The minimum absolute atomic E-state index is 0.227. The zero-order valence-corrected chi connectivity index (χ0v) is 14.9. The van der Waals surface area contributed by atoms with Gasteiger partial charge >= 0.3 is 0 Å². The van der Waals surface area contributed by atoms with Gasteiger partial charge in [0, 0.05) is 43.8 Å². The minimum Gasteiger partial charge on any atom is -0.381 e. The van der Waals surface area contributed by atoms with E-state index < -0.39 is 0 Å². The van der Waals surface area contributed by atoms with Crippen molar-refractivity contribution in [3.05, 3.63) is 66.1 Å². The van der Waals surface area contributed by atoms with Crippen LogP contribution in [0.4, 0.5) is 4.39 Å². The number of ether oxygens (including phenoxy) is 1. The van der Waals surface area contributed by atoms with Gasteiger partial charge in [-0.1, -0.05) is 17.3 Å². The number of hydrogen-bond donors (Lipinski definition) is 0. The number of hydrogen-bond acceptors (Lipinski definition) is 6. The molecule has 0 atom stereocenters. The van der Waals surface area contributed by atoms with Crippen LogP contribution in [-0.4, -0.2) is 39.3 Å². The molecule has 1 aliphatic rings. The van der Waals surface area contributed by atoms with Crippen LogP contribution in [0.3, 0.4) is 0 Å². The molecule has 4 rings (SSSR count). The van der Waals surface area contributed by atoms with Crippen LogP contribution < -0.4 is 0 Å². The zero-order valence-electron chi connectivity index (χ0n) is 14.9. The van der Waals surface area contributed by atoms with Gasteiger partial charge in [0.1, 0.15) is 5.82 Å². The summed E-state index contributed by atoms with van der Waals surface area (Å²) >= 11 is 0. The molecule has 0 unspecified atom stereocenters. The molecule has 0 spiro atoms. The number of benzene rings is 1. The van der Waals surface area contributed by atoms with E-state index in [1.54, 1.807) is 12.4 Å². The summed E-state index contributed by atoms with van der Waals surface area (Å²) in [6.07, 6.45) is 5.31. The maximum absolute atomic E-state index is 13.2. The Balaban J connectivity index is 1.51. The Hall–Kier alpha value is -2.64. The summed E-state index contributed by atoms with van der Waals surface area (Å²) < 4.78 is 24.2. The van der Waals surface area contributed by atoms with Crippen molar-refractivity contribution in [3.8, 4) is 11.4 Å². The molecule has 27 heavy (non-hydrogen) atoms. The summed E-state index contributed by atoms with van der Waals surface area (Å²) in [7, 11) is 0. The number of halogens is 1. The predicted molar refractivity (Wildman–Crippen MR) is 97.0 cm³/mol. The zero-order chi connectivity index (χ0) is 18.5. The van der Waals surface area contributed by atoms with Gasteiger partial charge < -0.3 is 9.26 Å². The van der Waals surface area contributed by atoms with Crippen LogP contribution in [0.1, 0.15) is 24.3 Å². The van der Waals surface area contributed by atoms with Crippen LogP contribution in [0.2, 0.25) is 0 Å². The maximum atomic E-state index is 13.2. The van der Waals surface area contributed by atoms with E-state index in [0.29, 0.717) is 30.8 Å². The molecule has 1 fully saturated rings. The first-order chi connectivity index (χ1) is 13.3. The summed E-state index contributed by atoms with van der Waals surface area (Å²) in [5.41, 5.74) is 1.92. The Labute approximate surface area is 157 Å². The molecule has 1 aliphatic heterocycles. The lowest BCUT2D eigenvalue weighted by atomic mass is 10.1. The van der Waals surface area contributed by atoms with Gasteiger partial charge in [0.15, 0.2) is 0 Å². The molecule has 1 saturated heterocycles. The Morgan fingerprint density at radius 1 is 1.00 bits per heavy atom. The molecule has 3 aromatic rings. The fourth-order valence-electron chi connectivity index (χ4n) is 3.30. The van der Waals surface area contributed by atoms with E-state index in [0.717, 1.165) is 37.2 Å². The van der Waals surface area contributed by atoms with E-state index in [1.165, 1.54) is 12.1 Å².